The van der Waals surface area contributed by atoms with E-state index in [1.807, 2.05) is 24.3 Å². The van der Waals surface area contributed by atoms with Crippen molar-refractivity contribution in [2.24, 2.45) is 5.92 Å². The van der Waals surface area contributed by atoms with Crippen molar-refractivity contribution in [1.29, 1.82) is 0 Å². The van der Waals surface area contributed by atoms with Gasteiger partial charge in [0.05, 0.1) is 0 Å². The van der Waals surface area contributed by atoms with Crippen molar-refractivity contribution in [3.8, 4) is 11.1 Å². The van der Waals surface area contributed by atoms with Gasteiger partial charge in [-0.3, -0.25) is 0 Å². The van der Waals surface area contributed by atoms with Crippen molar-refractivity contribution in [3.63, 3.8) is 0 Å². The first-order valence-corrected chi connectivity index (χ1v) is 9.48. The summed E-state index contributed by atoms with van der Waals surface area (Å²) in [5.41, 5.74) is 4.59. The van der Waals surface area contributed by atoms with Crippen molar-refractivity contribution in [2.45, 2.75) is 37.6 Å². The lowest BCUT2D eigenvalue weighted by atomic mass is 9.81. The lowest BCUT2D eigenvalue weighted by Crippen LogP contribution is -2.43. The minimum Gasteiger partial charge on any atom is -0.480 e. The Bertz CT molecular complexity index is 813. The zero-order valence-electron chi connectivity index (χ0n) is 15.1. The number of alkyl carbamates (subject to hydrolysis) is 1. The number of amides is 1. The zero-order chi connectivity index (χ0) is 18.8. The monoisotopic (exact) mass is 365 g/mol. The lowest BCUT2D eigenvalue weighted by molar-refractivity contribution is -0.140. The number of hydrogen-bond donors (Lipinski definition) is 2. The second-order valence-corrected chi connectivity index (χ2v) is 7.39. The van der Waals surface area contributed by atoms with Crippen molar-refractivity contribution < 1.29 is 19.4 Å². The number of benzene rings is 2. The molecule has 27 heavy (non-hydrogen) atoms. The molecule has 140 valence electrons. The van der Waals surface area contributed by atoms with E-state index in [4.69, 9.17) is 4.74 Å². The van der Waals surface area contributed by atoms with Gasteiger partial charge in [-0.1, -0.05) is 67.8 Å². The van der Waals surface area contributed by atoms with Crippen LogP contribution in [0.25, 0.3) is 11.1 Å². The van der Waals surface area contributed by atoms with Gasteiger partial charge >= 0.3 is 12.1 Å². The number of carbonyl (C=O) groups is 2. The smallest absolute Gasteiger partial charge is 0.407 e. The molecule has 0 unspecified atom stereocenters. The third kappa shape index (κ3) is 3.54. The van der Waals surface area contributed by atoms with Gasteiger partial charge in [-0.15, -0.1) is 0 Å². The van der Waals surface area contributed by atoms with Crippen LogP contribution >= 0.6 is 0 Å². The van der Waals surface area contributed by atoms with Crippen LogP contribution in [0.4, 0.5) is 4.79 Å². The van der Waals surface area contributed by atoms with Gasteiger partial charge in [-0.05, 0) is 34.6 Å². The first-order chi connectivity index (χ1) is 13.1. The number of rotatable bonds is 6. The van der Waals surface area contributed by atoms with E-state index in [1.54, 1.807) is 0 Å². The summed E-state index contributed by atoms with van der Waals surface area (Å²) in [5, 5.41) is 11.9. The molecule has 0 spiro atoms. The Labute approximate surface area is 158 Å². The van der Waals surface area contributed by atoms with Crippen molar-refractivity contribution >= 4 is 12.1 Å². The van der Waals surface area contributed by atoms with Crippen molar-refractivity contribution in [1.82, 2.24) is 5.32 Å². The third-order valence-electron chi connectivity index (χ3n) is 5.73. The summed E-state index contributed by atoms with van der Waals surface area (Å²) in [6, 6.07) is 15.3. The number of ether oxygens (including phenoxy) is 1. The van der Waals surface area contributed by atoms with Crippen molar-refractivity contribution in [2.75, 3.05) is 6.61 Å². The van der Waals surface area contributed by atoms with E-state index in [0.29, 0.717) is 12.3 Å². The van der Waals surface area contributed by atoms with Gasteiger partial charge < -0.3 is 15.2 Å². The second kappa shape index (κ2) is 7.43. The molecule has 0 bridgehead atoms. The molecule has 1 atom stereocenters. The fourth-order valence-corrected chi connectivity index (χ4v) is 4.07. The van der Waals surface area contributed by atoms with Gasteiger partial charge in [0.25, 0.3) is 0 Å². The molecule has 0 aromatic heterocycles. The second-order valence-electron chi connectivity index (χ2n) is 7.39. The van der Waals surface area contributed by atoms with Gasteiger partial charge in [0.1, 0.15) is 12.6 Å². The first kappa shape index (κ1) is 17.6. The summed E-state index contributed by atoms with van der Waals surface area (Å²) in [6.07, 6.45) is 3.02. The molecule has 0 saturated heterocycles. The Morgan fingerprint density at radius 2 is 1.63 bits per heavy atom. The van der Waals surface area contributed by atoms with Crippen LogP contribution in [-0.2, 0) is 9.53 Å². The van der Waals surface area contributed by atoms with E-state index in [2.05, 4.69) is 29.6 Å². The molecule has 2 aliphatic carbocycles. The van der Waals surface area contributed by atoms with Crippen LogP contribution in [0.15, 0.2) is 48.5 Å². The van der Waals surface area contributed by atoms with Gasteiger partial charge in [0, 0.05) is 5.92 Å². The summed E-state index contributed by atoms with van der Waals surface area (Å²) in [4.78, 5) is 23.7. The Hall–Kier alpha value is -2.82. The fourth-order valence-electron chi connectivity index (χ4n) is 4.07. The topological polar surface area (TPSA) is 75.6 Å². The first-order valence-electron chi connectivity index (χ1n) is 9.48. The highest BCUT2D eigenvalue weighted by atomic mass is 16.5. The highest BCUT2D eigenvalue weighted by molar-refractivity contribution is 5.81. The van der Waals surface area contributed by atoms with Crippen LogP contribution in [0.1, 0.15) is 42.7 Å². The highest BCUT2D eigenvalue weighted by Crippen LogP contribution is 2.44. The van der Waals surface area contributed by atoms with Crippen LogP contribution in [0, 0.1) is 5.92 Å². The zero-order valence-corrected chi connectivity index (χ0v) is 15.1. The number of carboxylic acid groups (broad SMARTS) is 1. The summed E-state index contributed by atoms with van der Waals surface area (Å²) in [5.74, 6) is -0.645. The van der Waals surface area contributed by atoms with E-state index >= 15 is 0 Å². The summed E-state index contributed by atoms with van der Waals surface area (Å²) < 4.78 is 5.44. The molecule has 2 aliphatic rings. The van der Waals surface area contributed by atoms with Gasteiger partial charge in [0.15, 0.2) is 0 Å². The Morgan fingerprint density at radius 1 is 1.04 bits per heavy atom. The predicted molar refractivity (Wildman–Crippen MR) is 102 cm³/mol. The molecule has 0 radical (unpaired) electrons. The van der Waals surface area contributed by atoms with Crippen LogP contribution in [-0.4, -0.2) is 29.8 Å². The molecule has 5 heteroatoms. The minimum absolute atomic E-state index is 0.0296. The SMILES string of the molecule is O=C(N[C@H](CC1CCC1)C(=O)O)OCC1c2ccccc2-c2ccccc21. The standard InChI is InChI=1S/C22H23NO4/c24-21(25)20(12-14-6-5-7-14)23-22(26)27-13-19-17-10-3-1-8-15(17)16-9-2-4-11-18(16)19/h1-4,8-11,14,19-20H,5-7,12-13H2,(H,23,26)(H,24,25)/t20-/m1/s1. The molecule has 1 saturated carbocycles. The fraction of sp³-hybridized carbons (Fsp3) is 0.364. The lowest BCUT2D eigenvalue weighted by Gasteiger charge is -2.28. The van der Waals surface area contributed by atoms with Gasteiger partial charge in [-0.25, -0.2) is 9.59 Å². The maximum absolute atomic E-state index is 12.2. The number of fused-ring (bicyclic) bond motifs is 3. The molecular weight excluding hydrogens is 342 g/mol. The minimum atomic E-state index is -1.00. The maximum atomic E-state index is 12.2. The normalized spacial score (nSPS) is 16.7. The predicted octanol–water partition coefficient (Wildman–Crippen LogP) is 4.17. The summed E-state index contributed by atoms with van der Waals surface area (Å²) in [6.45, 7) is 0.190. The highest BCUT2D eigenvalue weighted by Gasteiger charge is 2.31. The largest absolute Gasteiger partial charge is 0.480 e. The number of aliphatic carboxylic acids is 1. The average molecular weight is 365 g/mol. The molecule has 1 amide bonds. The molecule has 2 N–H and O–H groups in total. The van der Waals surface area contributed by atoms with E-state index in [-0.39, 0.29) is 12.5 Å². The molecule has 1 fully saturated rings. The van der Waals surface area contributed by atoms with Crippen LogP contribution in [0.5, 0.6) is 0 Å². The quantitative estimate of drug-likeness (QED) is 0.806. The van der Waals surface area contributed by atoms with Crippen LogP contribution in [0.3, 0.4) is 0 Å². The van der Waals surface area contributed by atoms with Crippen LogP contribution in [0.2, 0.25) is 0 Å². The number of carboxylic acids is 1. The van der Waals surface area contributed by atoms with Crippen molar-refractivity contribution in [3.05, 3.63) is 59.7 Å². The van der Waals surface area contributed by atoms with Gasteiger partial charge in [0.2, 0.25) is 0 Å². The van der Waals surface area contributed by atoms with E-state index in [1.165, 1.54) is 0 Å². The maximum Gasteiger partial charge on any atom is 0.407 e. The van der Waals surface area contributed by atoms with E-state index in [0.717, 1.165) is 41.5 Å². The summed E-state index contributed by atoms with van der Waals surface area (Å²) >= 11 is 0. The molecule has 5 nitrogen and oxygen atoms in total. The molecule has 2 aromatic rings. The van der Waals surface area contributed by atoms with E-state index in [9.17, 15) is 14.7 Å². The van der Waals surface area contributed by atoms with Crippen LogP contribution < -0.4 is 5.32 Å². The Balaban J connectivity index is 1.42. The molecule has 0 aliphatic heterocycles. The number of nitrogens with one attached hydrogen (secondary N) is 1. The van der Waals surface area contributed by atoms with E-state index < -0.39 is 18.1 Å². The molecule has 4 rings (SSSR count). The Morgan fingerprint density at radius 3 is 2.15 bits per heavy atom. The molecular formula is C22H23NO4. The molecule has 2 aromatic carbocycles. The number of hydrogen-bond acceptors (Lipinski definition) is 3. The van der Waals surface area contributed by atoms with Gasteiger partial charge in [-0.2, -0.15) is 0 Å². The average Bonchev–Trinajstić information content (AvgIpc) is 2.95. The Kier molecular flexibility index (Phi) is 4.84. The number of carbonyl (C=O) groups excluding carboxylic acids is 1. The summed E-state index contributed by atoms with van der Waals surface area (Å²) in [7, 11) is 0. The molecule has 0 heterocycles. The third-order valence-corrected chi connectivity index (χ3v) is 5.73.